The molecule has 27 heavy (non-hydrogen) atoms. The van der Waals surface area contributed by atoms with Crippen molar-refractivity contribution in [2.75, 3.05) is 24.6 Å². The number of halogens is 1. The van der Waals surface area contributed by atoms with Crippen LogP contribution in [0, 0.1) is 13.8 Å². The highest BCUT2D eigenvalue weighted by atomic mass is 79.9. The van der Waals surface area contributed by atoms with Gasteiger partial charge in [0.25, 0.3) is 10.0 Å². The summed E-state index contributed by atoms with van der Waals surface area (Å²) >= 11 is 3.60. The summed E-state index contributed by atoms with van der Waals surface area (Å²) in [5.41, 5.74) is 3.37. The second kappa shape index (κ2) is 7.81. The Hall–Kier alpha value is -1.57. The minimum Gasteiger partial charge on any atom is -0.496 e. The molecule has 1 N–H and O–H groups in total. The number of fused-ring (bicyclic) bond motifs is 1. The molecule has 0 radical (unpaired) electrons. The van der Waals surface area contributed by atoms with E-state index >= 15 is 0 Å². The third-order valence-corrected chi connectivity index (χ3v) is 7.88. The fourth-order valence-corrected chi connectivity index (χ4v) is 5.79. The molecule has 0 aromatic heterocycles. The van der Waals surface area contributed by atoms with Crippen molar-refractivity contribution >= 4 is 31.6 Å². The fourth-order valence-electron chi connectivity index (χ4n) is 3.62. The lowest BCUT2D eigenvalue weighted by atomic mass is 9.87. The zero-order valence-corrected chi connectivity index (χ0v) is 18.1. The first-order chi connectivity index (χ1) is 12.8. The van der Waals surface area contributed by atoms with E-state index in [0.29, 0.717) is 30.8 Å². The van der Waals surface area contributed by atoms with Crippen LogP contribution in [0.5, 0.6) is 5.75 Å². The van der Waals surface area contributed by atoms with Gasteiger partial charge < -0.3 is 9.84 Å². The van der Waals surface area contributed by atoms with Crippen LogP contribution in [0.15, 0.2) is 39.7 Å². The zero-order chi connectivity index (χ0) is 19.8. The summed E-state index contributed by atoms with van der Waals surface area (Å²) in [6.45, 7) is 4.25. The van der Waals surface area contributed by atoms with Gasteiger partial charge in [-0.2, -0.15) is 0 Å². The van der Waals surface area contributed by atoms with E-state index in [-0.39, 0.29) is 17.4 Å². The van der Waals surface area contributed by atoms with Gasteiger partial charge in [0.05, 0.1) is 17.7 Å². The molecule has 0 unspecified atom stereocenters. The average Bonchev–Trinajstić information content (AvgIpc) is 2.65. The van der Waals surface area contributed by atoms with E-state index in [2.05, 4.69) is 15.9 Å². The first kappa shape index (κ1) is 20.2. The molecular weight excluding hydrogens is 430 g/mol. The lowest BCUT2D eigenvalue weighted by Gasteiger charge is -2.37. The monoisotopic (exact) mass is 453 g/mol. The molecule has 2 aromatic rings. The summed E-state index contributed by atoms with van der Waals surface area (Å²) in [5, 5.41) is 9.48. The second-order valence-electron chi connectivity index (χ2n) is 6.86. The molecule has 7 heteroatoms. The SMILES string of the molecule is COc1cc(C)c(Br)c2c1[C@H](CCO)CCN2S(=O)(=O)c1ccc(C)cc1. The van der Waals surface area contributed by atoms with E-state index < -0.39 is 10.0 Å². The molecule has 1 aliphatic rings. The first-order valence-electron chi connectivity index (χ1n) is 8.88. The van der Waals surface area contributed by atoms with Crippen LogP contribution >= 0.6 is 15.9 Å². The Labute approximate surface area is 169 Å². The number of aliphatic hydroxyl groups is 1. The van der Waals surface area contributed by atoms with Crippen molar-refractivity contribution in [3.05, 3.63) is 51.5 Å². The molecule has 1 heterocycles. The maximum absolute atomic E-state index is 13.4. The topological polar surface area (TPSA) is 66.8 Å². The molecule has 0 saturated carbocycles. The van der Waals surface area contributed by atoms with Gasteiger partial charge in [0.1, 0.15) is 5.75 Å². The molecule has 0 fully saturated rings. The second-order valence-corrected chi connectivity index (χ2v) is 9.52. The van der Waals surface area contributed by atoms with Crippen LogP contribution in [-0.4, -0.2) is 33.8 Å². The number of aliphatic hydroxyl groups excluding tert-OH is 1. The van der Waals surface area contributed by atoms with Gasteiger partial charge in [-0.05, 0) is 72.3 Å². The summed E-state index contributed by atoms with van der Waals surface area (Å²) < 4.78 is 34.6. The Morgan fingerprint density at radius 2 is 1.93 bits per heavy atom. The van der Waals surface area contributed by atoms with Gasteiger partial charge in [0.15, 0.2) is 0 Å². The molecular formula is C20H24BrNO4S. The molecule has 2 aromatic carbocycles. The highest BCUT2D eigenvalue weighted by molar-refractivity contribution is 9.10. The fraction of sp³-hybridized carbons (Fsp3) is 0.400. The number of ether oxygens (including phenoxy) is 1. The number of methoxy groups -OCH3 is 1. The minimum absolute atomic E-state index is 0.0429. The van der Waals surface area contributed by atoms with Gasteiger partial charge in [-0.15, -0.1) is 0 Å². The number of anilines is 1. The molecule has 1 aliphatic heterocycles. The quantitative estimate of drug-likeness (QED) is 0.738. The summed E-state index contributed by atoms with van der Waals surface area (Å²) in [6.07, 6.45) is 1.20. The van der Waals surface area contributed by atoms with E-state index in [1.165, 1.54) is 4.31 Å². The smallest absolute Gasteiger partial charge is 0.264 e. The normalized spacial score (nSPS) is 16.9. The number of benzene rings is 2. The van der Waals surface area contributed by atoms with Gasteiger partial charge in [0, 0.05) is 23.2 Å². The Morgan fingerprint density at radius 1 is 1.26 bits per heavy atom. The van der Waals surface area contributed by atoms with Gasteiger partial charge in [-0.3, -0.25) is 4.31 Å². The molecule has 5 nitrogen and oxygen atoms in total. The van der Waals surface area contributed by atoms with Crippen LogP contribution in [0.2, 0.25) is 0 Å². The zero-order valence-electron chi connectivity index (χ0n) is 15.7. The highest BCUT2D eigenvalue weighted by Gasteiger charge is 2.37. The third-order valence-electron chi connectivity index (χ3n) is 5.07. The van der Waals surface area contributed by atoms with Crippen molar-refractivity contribution in [2.24, 2.45) is 0 Å². The summed E-state index contributed by atoms with van der Waals surface area (Å²) in [5.74, 6) is 0.703. The molecule has 0 spiro atoms. The van der Waals surface area contributed by atoms with Gasteiger partial charge in [0.2, 0.25) is 0 Å². The number of hydrogen-bond acceptors (Lipinski definition) is 4. The first-order valence-corrected chi connectivity index (χ1v) is 11.1. The molecule has 3 rings (SSSR count). The Balaban J connectivity index is 2.22. The predicted octanol–water partition coefficient (Wildman–Crippen LogP) is 4.14. The molecule has 1 atom stereocenters. The largest absolute Gasteiger partial charge is 0.496 e. The maximum atomic E-state index is 13.4. The number of rotatable bonds is 5. The van der Waals surface area contributed by atoms with Crippen molar-refractivity contribution in [3.8, 4) is 5.75 Å². The van der Waals surface area contributed by atoms with Gasteiger partial charge in [-0.25, -0.2) is 8.42 Å². The van der Waals surface area contributed by atoms with Crippen LogP contribution in [0.4, 0.5) is 5.69 Å². The maximum Gasteiger partial charge on any atom is 0.264 e. The van der Waals surface area contributed by atoms with Crippen molar-refractivity contribution in [1.82, 2.24) is 0 Å². The lowest BCUT2D eigenvalue weighted by molar-refractivity contribution is 0.270. The molecule has 0 aliphatic carbocycles. The highest BCUT2D eigenvalue weighted by Crippen LogP contribution is 2.49. The van der Waals surface area contributed by atoms with Crippen molar-refractivity contribution in [3.63, 3.8) is 0 Å². The van der Waals surface area contributed by atoms with E-state index in [4.69, 9.17) is 4.74 Å². The number of aryl methyl sites for hydroxylation is 2. The third kappa shape index (κ3) is 3.60. The van der Waals surface area contributed by atoms with Crippen LogP contribution < -0.4 is 9.04 Å². The van der Waals surface area contributed by atoms with E-state index in [0.717, 1.165) is 21.2 Å². The molecule has 0 amide bonds. The number of nitrogens with zero attached hydrogens (tertiary/aromatic N) is 1. The summed E-state index contributed by atoms with van der Waals surface area (Å²) in [7, 11) is -2.12. The number of hydrogen-bond donors (Lipinski definition) is 1. The standard InChI is InChI=1S/C20H24BrNO4S/c1-13-4-6-16(7-5-13)27(24,25)22-10-8-15(9-11-23)18-17(26-3)12-14(2)19(21)20(18)22/h4-7,12,15,23H,8-11H2,1-3H3/t15-/m0/s1. The van der Waals surface area contributed by atoms with Crippen molar-refractivity contribution in [2.45, 2.75) is 37.5 Å². The van der Waals surface area contributed by atoms with E-state index in [9.17, 15) is 13.5 Å². The van der Waals surface area contributed by atoms with Crippen LogP contribution in [-0.2, 0) is 10.0 Å². The van der Waals surface area contributed by atoms with Crippen molar-refractivity contribution in [1.29, 1.82) is 0 Å². The lowest BCUT2D eigenvalue weighted by Crippen LogP contribution is -2.37. The van der Waals surface area contributed by atoms with E-state index in [1.807, 2.05) is 19.9 Å². The Kier molecular flexibility index (Phi) is 5.84. The summed E-state index contributed by atoms with van der Waals surface area (Å²) in [6, 6.07) is 8.81. The van der Waals surface area contributed by atoms with Crippen LogP contribution in [0.3, 0.4) is 0 Å². The summed E-state index contributed by atoms with van der Waals surface area (Å²) in [4.78, 5) is 0.270. The Bertz CT molecular complexity index is 941. The molecule has 0 bridgehead atoms. The molecule has 146 valence electrons. The average molecular weight is 454 g/mol. The van der Waals surface area contributed by atoms with Crippen LogP contribution in [0.1, 0.15) is 35.4 Å². The van der Waals surface area contributed by atoms with Gasteiger partial charge >= 0.3 is 0 Å². The molecule has 0 saturated heterocycles. The van der Waals surface area contributed by atoms with Crippen molar-refractivity contribution < 1.29 is 18.3 Å². The van der Waals surface area contributed by atoms with Crippen LogP contribution in [0.25, 0.3) is 0 Å². The number of sulfonamides is 1. The predicted molar refractivity (Wildman–Crippen MR) is 110 cm³/mol. The van der Waals surface area contributed by atoms with Gasteiger partial charge in [-0.1, -0.05) is 17.7 Å². The minimum atomic E-state index is -3.71. The van der Waals surface area contributed by atoms with E-state index in [1.54, 1.807) is 31.4 Å². The Morgan fingerprint density at radius 3 is 2.52 bits per heavy atom.